The van der Waals surface area contributed by atoms with Gasteiger partial charge in [-0.25, -0.2) is 4.39 Å². The van der Waals surface area contributed by atoms with E-state index in [-0.39, 0.29) is 11.2 Å². The third kappa shape index (κ3) is 1.60. The molecule has 0 aliphatic carbocycles. The maximum Gasteiger partial charge on any atom is 0.123 e. The van der Waals surface area contributed by atoms with Crippen LogP contribution in [0.3, 0.4) is 0 Å². The first-order valence-electron chi connectivity index (χ1n) is 7.09. The lowest BCUT2D eigenvalue weighted by Crippen LogP contribution is -2.77. The van der Waals surface area contributed by atoms with Gasteiger partial charge in [0.1, 0.15) is 5.82 Å². The molecule has 1 aromatic rings. The third-order valence-corrected chi connectivity index (χ3v) is 5.19. The minimum atomic E-state index is -0.143. The molecule has 4 fully saturated rings. The Hall–Kier alpha value is -0.970. The number of rotatable bonds is 2. The Balaban J connectivity index is 1.79. The van der Waals surface area contributed by atoms with Gasteiger partial charge in [-0.05, 0) is 24.7 Å². The van der Waals surface area contributed by atoms with E-state index in [1.807, 2.05) is 12.1 Å². The van der Waals surface area contributed by atoms with E-state index in [1.54, 1.807) is 12.1 Å². The van der Waals surface area contributed by atoms with Gasteiger partial charge in [-0.1, -0.05) is 12.1 Å². The fourth-order valence-electron chi connectivity index (χ4n) is 4.71. The van der Waals surface area contributed by atoms with Gasteiger partial charge < -0.3 is 5.32 Å². The van der Waals surface area contributed by atoms with Crippen molar-refractivity contribution < 1.29 is 4.39 Å². The van der Waals surface area contributed by atoms with Crippen LogP contribution >= 0.6 is 0 Å². The highest BCUT2D eigenvalue weighted by Gasteiger charge is 2.56. The number of likely N-dealkylation sites (N-methyl/N-ethyl adjacent to an activating group) is 1. The number of nitrogens with zero attached hydrogens (tertiary/aromatic N) is 2. The molecule has 0 saturated carbocycles. The molecule has 3 atom stereocenters. The zero-order valence-corrected chi connectivity index (χ0v) is 11.3. The summed E-state index contributed by atoms with van der Waals surface area (Å²) >= 11 is 0. The second-order valence-corrected chi connectivity index (χ2v) is 6.35. The summed E-state index contributed by atoms with van der Waals surface area (Å²) in [5.74, 6) is 0.543. The van der Waals surface area contributed by atoms with E-state index in [0.29, 0.717) is 12.0 Å². The van der Waals surface area contributed by atoms with Crippen LogP contribution in [-0.2, 0) is 5.41 Å². The van der Waals surface area contributed by atoms with E-state index >= 15 is 0 Å². The molecule has 4 aliphatic heterocycles. The first-order valence-corrected chi connectivity index (χ1v) is 7.09. The van der Waals surface area contributed by atoms with Crippen LogP contribution < -0.4 is 5.32 Å². The largest absolute Gasteiger partial charge is 0.316 e. The minimum absolute atomic E-state index is 0.127. The van der Waals surface area contributed by atoms with E-state index in [9.17, 15) is 4.39 Å². The predicted octanol–water partition coefficient (Wildman–Crippen LogP) is 0.870. The van der Waals surface area contributed by atoms with Gasteiger partial charge in [0, 0.05) is 43.6 Å². The first kappa shape index (κ1) is 11.8. The Morgan fingerprint density at radius 2 is 1.79 bits per heavy atom. The van der Waals surface area contributed by atoms with Crippen LogP contribution in [0.2, 0.25) is 0 Å². The quantitative estimate of drug-likeness (QED) is 0.852. The standard InChI is InChI=1S/C15H20FN3/c1-17-14-11-6-18-8-15(14,9-19(7-11)10-18)12-2-4-13(16)5-3-12/h2-5,11,14,17H,6-10H2,1H3. The van der Waals surface area contributed by atoms with E-state index < -0.39 is 0 Å². The molecule has 4 saturated heterocycles. The molecule has 0 spiro atoms. The molecule has 4 heteroatoms. The Morgan fingerprint density at radius 3 is 2.37 bits per heavy atom. The van der Waals surface area contributed by atoms with Crippen molar-refractivity contribution >= 4 is 0 Å². The third-order valence-electron chi connectivity index (χ3n) is 5.19. The molecule has 3 nitrogen and oxygen atoms in total. The molecule has 1 N–H and O–H groups in total. The SMILES string of the molecule is CNC1C2CN3CN(C2)CC1(c1ccc(F)cc1)C3. The number of piperidine rings is 2. The summed E-state index contributed by atoms with van der Waals surface area (Å²) in [7, 11) is 2.07. The number of hydrogen-bond acceptors (Lipinski definition) is 3. The van der Waals surface area contributed by atoms with Gasteiger partial charge in [0.2, 0.25) is 0 Å². The summed E-state index contributed by atoms with van der Waals surface area (Å²) in [6, 6.07) is 7.67. The van der Waals surface area contributed by atoms with Gasteiger partial charge in [0.05, 0.1) is 6.67 Å². The summed E-state index contributed by atoms with van der Waals surface area (Å²) in [4.78, 5) is 5.10. The van der Waals surface area contributed by atoms with Crippen molar-refractivity contribution in [1.82, 2.24) is 15.1 Å². The van der Waals surface area contributed by atoms with Crippen molar-refractivity contribution in [2.24, 2.45) is 5.92 Å². The zero-order chi connectivity index (χ0) is 13.0. The van der Waals surface area contributed by atoms with Gasteiger partial charge in [-0.2, -0.15) is 0 Å². The van der Waals surface area contributed by atoms with E-state index in [2.05, 4.69) is 22.2 Å². The summed E-state index contributed by atoms with van der Waals surface area (Å²) in [6.07, 6.45) is 0. The van der Waals surface area contributed by atoms with Crippen LogP contribution in [0.4, 0.5) is 4.39 Å². The van der Waals surface area contributed by atoms with E-state index in [0.717, 1.165) is 19.8 Å². The molecule has 4 heterocycles. The van der Waals surface area contributed by atoms with Crippen LogP contribution in [0, 0.1) is 11.7 Å². The van der Waals surface area contributed by atoms with Gasteiger partial charge in [-0.3, -0.25) is 9.80 Å². The summed E-state index contributed by atoms with van der Waals surface area (Å²) in [5.41, 5.74) is 1.41. The fraction of sp³-hybridized carbons (Fsp3) is 0.600. The highest BCUT2D eigenvalue weighted by Crippen LogP contribution is 2.44. The van der Waals surface area contributed by atoms with E-state index in [1.165, 1.54) is 18.7 Å². The molecule has 0 amide bonds. The molecule has 4 bridgehead atoms. The summed E-state index contributed by atoms with van der Waals surface area (Å²) in [5, 5.41) is 3.55. The Kier molecular flexibility index (Phi) is 2.50. The molecule has 4 aliphatic rings. The average Bonchev–Trinajstić information content (AvgIpc) is 2.38. The number of halogens is 1. The number of hydrogen-bond donors (Lipinski definition) is 1. The molecule has 3 unspecified atom stereocenters. The highest BCUT2D eigenvalue weighted by molar-refractivity contribution is 5.34. The molecular weight excluding hydrogens is 241 g/mol. The lowest BCUT2D eigenvalue weighted by atomic mass is 9.62. The topological polar surface area (TPSA) is 18.5 Å². The number of benzene rings is 1. The van der Waals surface area contributed by atoms with Gasteiger partial charge >= 0.3 is 0 Å². The smallest absolute Gasteiger partial charge is 0.123 e. The van der Waals surface area contributed by atoms with Crippen LogP contribution in [0.15, 0.2) is 24.3 Å². The Bertz CT molecular complexity index is 473. The lowest BCUT2D eigenvalue weighted by Gasteiger charge is -2.63. The van der Waals surface area contributed by atoms with Crippen LogP contribution in [0.1, 0.15) is 5.56 Å². The summed E-state index contributed by atoms with van der Waals surface area (Å²) < 4.78 is 13.2. The van der Waals surface area contributed by atoms with Crippen LogP contribution in [0.25, 0.3) is 0 Å². The maximum absolute atomic E-state index is 13.2. The zero-order valence-electron chi connectivity index (χ0n) is 11.3. The normalized spacial score (nSPS) is 43.7. The van der Waals surface area contributed by atoms with Gasteiger partial charge in [0.25, 0.3) is 0 Å². The average molecular weight is 261 g/mol. The molecule has 19 heavy (non-hydrogen) atoms. The van der Waals surface area contributed by atoms with Crippen LogP contribution in [-0.4, -0.2) is 55.7 Å². The van der Waals surface area contributed by atoms with Crippen molar-refractivity contribution in [2.45, 2.75) is 11.5 Å². The van der Waals surface area contributed by atoms with Crippen molar-refractivity contribution in [3.05, 3.63) is 35.6 Å². The maximum atomic E-state index is 13.2. The number of nitrogens with one attached hydrogen (secondary N) is 1. The van der Waals surface area contributed by atoms with Crippen LogP contribution in [0.5, 0.6) is 0 Å². The first-order chi connectivity index (χ1) is 9.21. The van der Waals surface area contributed by atoms with E-state index in [4.69, 9.17) is 0 Å². The minimum Gasteiger partial charge on any atom is -0.316 e. The van der Waals surface area contributed by atoms with Crippen molar-refractivity contribution in [2.75, 3.05) is 39.9 Å². The van der Waals surface area contributed by atoms with Crippen molar-refractivity contribution in [1.29, 1.82) is 0 Å². The fourth-order valence-corrected chi connectivity index (χ4v) is 4.71. The molecule has 1 aromatic carbocycles. The lowest BCUT2D eigenvalue weighted by molar-refractivity contribution is -0.106. The monoisotopic (exact) mass is 261 g/mol. The highest BCUT2D eigenvalue weighted by atomic mass is 19.1. The second-order valence-electron chi connectivity index (χ2n) is 6.35. The van der Waals surface area contributed by atoms with Crippen molar-refractivity contribution in [3.8, 4) is 0 Å². The molecule has 102 valence electrons. The second kappa shape index (κ2) is 4.01. The van der Waals surface area contributed by atoms with Gasteiger partial charge in [-0.15, -0.1) is 0 Å². The summed E-state index contributed by atoms with van der Waals surface area (Å²) in [6.45, 7) is 5.69. The molecular formula is C15H20FN3. The van der Waals surface area contributed by atoms with Gasteiger partial charge in [0.15, 0.2) is 0 Å². The van der Waals surface area contributed by atoms with Crippen molar-refractivity contribution in [3.63, 3.8) is 0 Å². The molecule has 0 aromatic heterocycles. The predicted molar refractivity (Wildman–Crippen MR) is 72.4 cm³/mol. The Labute approximate surface area is 113 Å². The molecule has 0 radical (unpaired) electrons. The molecule has 5 rings (SSSR count). The Morgan fingerprint density at radius 1 is 1.16 bits per heavy atom.